The van der Waals surface area contributed by atoms with Gasteiger partial charge in [-0.1, -0.05) is 6.07 Å². The Morgan fingerprint density at radius 2 is 1.94 bits per heavy atom. The quantitative estimate of drug-likeness (QED) is 0.546. The summed E-state index contributed by atoms with van der Waals surface area (Å²) in [5, 5.41) is 4.92. The minimum absolute atomic E-state index is 0.114. The van der Waals surface area contributed by atoms with Crippen molar-refractivity contribution in [3.8, 4) is 11.5 Å². The zero-order valence-electron chi connectivity index (χ0n) is 18.7. The van der Waals surface area contributed by atoms with Crippen LogP contribution < -0.4 is 14.8 Å². The second-order valence-electron chi connectivity index (χ2n) is 7.79. The number of sulfonamides is 1. The lowest BCUT2D eigenvalue weighted by Gasteiger charge is -2.26. The molecule has 1 unspecified atom stereocenters. The van der Waals surface area contributed by atoms with E-state index in [1.54, 1.807) is 49.8 Å². The fraction of sp³-hybridized carbons (Fsp3) is 0.292. The molecule has 1 atom stereocenters. The Morgan fingerprint density at radius 3 is 2.70 bits per heavy atom. The molecule has 0 aliphatic carbocycles. The van der Waals surface area contributed by atoms with Gasteiger partial charge in [-0.3, -0.25) is 4.79 Å². The number of hydrogen-bond donors (Lipinski definition) is 1. The number of methoxy groups -OCH3 is 2. The highest BCUT2D eigenvalue weighted by molar-refractivity contribution is 7.89. The molecule has 2 heterocycles. The molecule has 174 valence electrons. The highest BCUT2D eigenvalue weighted by atomic mass is 32.2. The third-order valence-corrected chi connectivity index (χ3v) is 8.63. The van der Waals surface area contributed by atoms with E-state index >= 15 is 0 Å². The number of thiophene rings is 1. The number of ether oxygens (including phenoxy) is 2. The highest BCUT2D eigenvalue weighted by Gasteiger charge is 2.29. The topological polar surface area (TPSA) is 84.9 Å². The normalized spacial score (nSPS) is 14.9. The summed E-state index contributed by atoms with van der Waals surface area (Å²) in [6.07, 6.45) is 0.702. The first-order chi connectivity index (χ1) is 15.8. The number of carbonyl (C=O) groups is 1. The minimum Gasteiger partial charge on any atom is -0.497 e. The molecule has 1 N–H and O–H groups in total. The van der Waals surface area contributed by atoms with E-state index in [0.29, 0.717) is 31.0 Å². The van der Waals surface area contributed by atoms with E-state index in [-0.39, 0.29) is 22.4 Å². The average Bonchev–Trinajstić information content (AvgIpc) is 3.31. The number of fused-ring (bicyclic) bond motifs is 1. The number of hydrogen-bond acceptors (Lipinski definition) is 6. The molecule has 9 heteroatoms. The Hall–Kier alpha value is -2.88. The van der Waals surface area contributed by atoms with Crippen LogP contribution in [0.4, 0.5) is 0 Å². The number of amides is 1. The summed E-state index contributed by atoms with van der Waals surface area (Å²) >= 11 is 1.66. The molecule has 3 aromatic rings. The number of benzene rings is 2. The number of rotatable bonds is 7. The van der Waals surface area contributed by atoms with Gasteiger partial charge in [0.05, 0.1) is 25.2 Å². The van der Waals surface area contributed by atoms with Crippen LogP contribution in [0.2, 0.25) is 0 Å². The highest BCUT2D eigenvalue weighted by Crippen LogP contribution is 2.30. The summed E-state index contributed by atoms with van der Waals surface area (Å²) < 4.78 is 38.6. The van der Waals surface area contributed by atoms with Crippen LogP contribution in [0.3, 0.4) is 0 Å². The van der Waals surface area contributed by atoms with Gasteiger partial charge in [0.1, 0.15) is 11.5 Å². The molecular weight excluding hydrogens is 460 g/mol. The van der Waals surface area contributed by atoms with Gasteiger partial charge in [0.25, 0.3) is 5.91 Å². The number of nitrogens with one attached hydrogen (secondary N) is 1. The van der Waals surface area contributed by atoms with Gasteiger partial charge in [-0.25, -0.2) is 8.42 Å². The van der Waals surface area contributed by atoms with Crippen molar-refractivity contribution < 1.29 is 22.7 Å². The SMILES string of the molecule is COc1ccc(C(C)NC(=O)c2cccc(S(=O)(=O)N3CCc4sccc4C3)c2)c(OC)c1. The third kappa shape index (κ3) is 4.75. The van der Waals surface area contributed by atoms with Gasteiger partial charge in [-0.05, 0) is 60.7 Å². The van der Waals surface area contributed by atoms with E-state index in [4.69, 9.17) is 9.47 Å². The van der Waals surface area contributed by atoms with Crippen molar-refractivity contribution in [3.63, 3.8) is 0 Å². The van der Waals surface area contributed by atoms with Crippen LogP contribution in [0.1, 0.15) is 39.3 Å². The first kappa shape index (κ1) is 23.3. The molecule has 0 fully saturated rings. The second kappa shape index (κ2) is 9.54. The molecule has 2 aromatic carbocycles. The van der Waals surface area contributed by atoms with Gasteiger partial charge in [0.15, 0.2) is 0 Å². The van der Waals surface area contributed by atoms with Gasteiger partial charge >= 0.3 is 0 Å². The predicted octanol–water partition coefficient (Wildman–Crippen LogP) is 4.00. The summed E-state index contributed by atoms with van der Waals surface area (Å²) in [6, 6.07) is 13.2. The fourth-order valence-corrected chi connectivity index (χ4v) is 6.26. The van der Waals surface area contributed by atoms with Crippen LogP contribution in [0.15, 0.2) is 58.8 Å². The van der Waals surface area contributed by atoms with Crippen molar-refractivity contribution >= 4 is 27.3 Å². The average molecular weight is 487 g/mol. The van der Waals surface area contributed by atoms with Crippen molar-refractivity contribution in [2.24, 2.45) is 0 Å². The van der Waals surface area contributed by atoms with Gasteiger partial charge < -0.3 is 14.8 Å². The maximum Gasteiger partial charge on any atom is 0.251 e. The molecule has 1 aromatic heterocycles. The molecule has 0 bridgehead atoms. The molecule has 0 radical (unpaired) electrons. The summed E-state index contributed by atoms with van der Waals surface area (Å²) in [7, 11) is -0.584. The monoisotopic (exact) mass is 486 g/mol. The third-order valence-electron chi connectivity index (χ3n) is 5.76. The molecule has 0 saturated heterocycles. The second-order valence-corrected chi connectivity index (χ2v) is 10.7. The van der Waals surface area contributed by atoms with Gasteiger partial charge in [-0.15, -0.1) is 11.3 Å². The first-order valence-corrected chi connectivity index (χ1v) is 12.8. The lowest BCUT2D eigenvalue weighted by Crippen LogP contribution is -2.35. The number of nitrogens with zero attached hydrogens (tertiary/aromatic N) is 1. The largest absolute Gasteiger partial charge is 0.497 e. The zero-order valence-corrected chi connectivity index (χ0v) is 20.3. The molecule has 1 aliphatic heterocycles. The molecule has 1 amide bonds. The van der Waals surface area contributed by atoms with Crippen molar-refractivity contribution in [3.05, 3.63) is 75.5 Å². The molecule has 7 nitrogen and oxygen atoms in total. The summed E-state index contributed by atoms with van der Waals surface area (Å²) in [5.41, 5.74) is 2.12. The molecule has 4 rings (SSSR count). The zero-order chi connectivity index (χ0) is 23.6. The molecule has 0 spiro atoms. The van der Waals surface area contributed by atoms with E-state index in [9.17, 15) is 13.2 Å². The van der Waals surface area contributed by atoms with Gasteiger partial charge in [-0.2, -0.15) is 4.31 Å². The van der Waals surface area contributed by atoms with E-state index in [2.05, 4.69) is 5.32 Å². The summed E-state index contributed by atoms with van der Waals surface area (Å²) in [6.45, 7) is 2.63. The Morgan fingerprint density at radius 1 is 1.12 bits per heavy atom. The lowest BCUT2D eigenvalue weighted by molar-refractivity contribution is 0.0939. The summed E-state index contributed by atoms with van der Waals surface area (Å²) in [4.78, 5) is 14.3. The van der Waals surface area contributed by atoms with Crippen LogP contribution in [-0.4, -0.2) is 39.4 Å². The van der Waals surface area contributed by atoms with Crippen molar-refractivity contribution in [1.29, 1.82) is 0 Å². The maximum atomic E-state index is 13.3. The van der Waals surface area contributed by atoms with Gasteiger partial charge in [0.2, 0.25) is 10.0 Å². The van der Waals surface area contributed by atoms with E-state index in [1.165, 1.54) is 21.3 Å². The van der Waals surface area contributed by atoms with Crippen molar-refractivity contribution in [2.45, 2.75) is 30.8 Å². The standard InChI is InChI=1S/C24H26N2O5S2/c1-16(21-8-7-19(30-2)14-22(21)31-3)25-24(27)17-5-4-6-20(13-17)33(28,29)26-11-9-23-18(15-26)10-12-32-23/h4-8,10,12-14,16H,9,11,15H2,1-3H3,(H,25,27). The van der Waals surface area contributed by atoms with Crippen LogP contribution in [0.5, 0.6) is 11.5 Å². The van der Waals surface area contributed by atoms with Crippen LogP contribution >= 0.6 is 11.3 Å². The smallest absolute Gasteiger partial charge is 0.251 e. The van der Waals surface area contributed by atoms with E-state index in [1.807, 2.05) is 24.4 Å². The Kier molecular flexibility index (Phi) is 6.73. The molecular formula is C24H26N2O5S2. The first-order valence-electron chi connectivity index (χ1n) is 10.5. The Bertz CT molecular complexity index is 1270. The lowest BCUT2D eigenvalue weighted by atomic mass is 10.1. The van der Waals surface area contributed by atoms with Crippen molar-refractivity contribution in [2.75, 3.05) is 20.8 Å². The van der Waals surface area contributed by atoms with Crippen molar-refractivity contribution in [1.82, 2.24) is 9.62 Å². The minimum atomic E-state index is -3.71. The molecule has 33 heavy (non-hydrogen) atoms. The Labute approximate surface area is 198 Å². The van der Waals surface area contributed by atoms with Crippen LogP contribution in [0, 0.1) is 0 Å². The Balaban J connectivity index is 1.52. The fourth-order valence-electron chi connectivity index (χ4n) is 3.91. The van der Waals surface area contributed by atoms with Crippen LogP contribution in [0.25, 0.3) is 0 Å². The maximum absolute atomic E-state index is 13.3. The molecule has 0 saturated carbocycles. The van der Waals surface area contributed by atoms with Gasteiger partial charge in [0, 0.05) is 35.2 Å². The van der Waals surface area contributed by atoms with Crippen LogP contribution in [-0.2, 0) is 23.0 Å². The van der Waals surface area contributed by atoms with E-state index in [0.717, 1.165) is 11.1 Å². The summed E-state index contributed by atoms with van der Waals surface area (Å²) in [5.74, 6) is 0.881. The number of carbonyl (C=O) groups excluding carboxylic acids is 1. The molecule has 1 aliphatic rings. The predicted molar refractivity (Wildman–Crippen MR) is 127 cm³/mol. The van der Waals surface area contributed by atoms with E-state index < -0.39 is 10.0 Å².